The first kappa shape index (κ1) is 24.3. The van der Waals surface area contributed by atoms with Gasteiger partial charge < -0.3 is 9.84 Å². The molecule has 0 radical (unpaired) electrons. The number of benzene rings is 3. The Morgan fingerprint density at radius 1 is 0.970 bits per heavy atom. The van der Waals surface area contributed by atoms with Crippen LogP contribution in [0.15, 0.2) is 59.5 Å². The molecule has 33 heavy (non-hydrogen) atoms. The zero-order chi connectivity index (χ0) is 24.2. The molecule has 174 valence electrons. The van der Waals surface area contributed by atoms with Crippen molar-refractivity contribution >= 4 is 16.0 Å². The molecule has 0 amide bonds. The predicted molar refractivity (Wildman–Crippen MR) is 119 cm³/mol. The van der Waals surface area contributed by atoms with Crippen LogP contribution in [0, 0.1) is 25.5 Å². The minimum absolute atomic E-state index is 0.00211. The zero-order valence-corrected chi connectivity index (χ0v) is 18.9. The van der Waals surface area contributed by atoms with Crippen molar-refractivity contribution in [1.82, 2.24) is 4.72 Å². The molecule has 0 heterocycles. The zero-order valence-electron chi connectivity index (χ0n) is 18.1. The van der Waals surface area contributed by atoms with Crippen LogP contribution in [0.1, 0.15) is 32.6 Å². The molecular formula is C24H23F2NO5S. The number of aromatic carboxylic acids is 1. The van der Waals surface area contributed by atoms with Gasteiger partial charge in [-0.05, 0) is 78.9 Å². The van der Waals surface area contributed by atoms with E-state index in [9.17, 15) is 27.1 Å². The van der Waals surface area contributed by atoms with Gasteiger partial charge in [0.1, 0.15) is 24.0 Å². The molecule has 0 aliphatic rings. The highest BCUT2D eigenvalue weighted by atomic mass is 32.2. The van der Waals surface area contributed by atoms with Gasteiger partial charge in [-0.15, -0.1) is 0 Å². The molecule has 3 aromatic carbocycles. The monoisotopic (exact) mass is 475 g/mol. The lowest BCUT2D eigenvalue weighted by Gasteiger charge is -2.11. The van der Waals surface area contributed by atoms with E-state index >= 15 is 0 Å². The molecule has 2 N–H and O–H groups in total. The number of hydrogen-bond acceptors (Lipinski definition) is 4. The Morgan fingerprint density at radius 3 is 2.21 bits per heavy atom. The lowest BCUT2D eigenvalue weighted by Crippen LogP contribution is -2.26. The van der Waals surface area contributed by atoms with E-state index in [0.29, 0.717) is 28.9 Å². The smallest absolute Gasteiger partial charge is 0.336 e. The molecule has 0 aliphatic heterocycles. The van der Waals surface area contributed by atoms with Crippen molar-refractivity contribution in [2.75, 3.05) is 6.54 Å². The lowest BCUT2D eigenvalue weighted by atomic mass is 10.0. The third kappa shape index (κ3) is 6.36. The second kappa shape index (κ2) is 10.1. The quantitative estimate of drug-likeness (QED) is 0.479. The molecule has 0 saturated heterocycles. The molecule has 0 bridgehead atoms. The largest absolute Gasteiger partial charge is 0.489 e. The number of hydrogen-bond donors (Lipinski definition) is 2. The number of ether oxygens (including phenoxy) is 1. The van der Waals surface area contributed by atoms with Gasteiger partial charge in [-0.3, -0.25) is 0 Å². The molecule has 9 heteroatoms. The van der Waals surface area contributed by atoms with Gasteiger partial charge in [0, 0.05) is 12.6 Å². The molecule has 6 nitrogen and oxygen atoms in total. The van der Waals surface area contributed by atoms with Crippen LogP contribution in [0.4, 0.5) is 8.78 Å². The number of nitrogens with one attached hydrogen (secondary N) is 1. The number of carboxylic acids is 1. The number of rotatable bonds is 9. The molecule has 0 aromatic heterocycles. The summed E-state index contributed by atoms with van der Waals surface area (Å²) >= 11 is 0. The fourth-order valence-corrected chi connectivity index (χ4v) is 4.37. The SMILES string of the molecule is Cc1cc(S(=O)(=O)NCCc2ccc(OCc3cc(F)cc(F)c3)cc2)cc(C(=O)O)c1C. The van der Waals surface area contributed by atoms with Gasteiger partial charge >= 0.3 is 5.97 Å². The number of aryl methyl sites for hydroxylation is 1. The molecular weight excluding hydrogens is 452 g/mol. The van der Waals surface area contributed by atoms with Gasteiger partial charge in [-0.2, -0.15) is 0 Å². The Labute approximate surface area is 190 Å². The van der Waals surface area contributed by atoms with Crippen molar-refractivity contribution < 1.29 is 31.8 Å². The average molecular weight is 476 g/mol. The van der Waals surface area contributed by atoms with Crippen LogP contribution in [-0.2, 0) is 23.1 Å². The first-order valence-corrected chi connectivity index (χ1v) is 11.5. The van der Waals surface area contributed by atoms with Gasteiger partial charge in [0.15, 0.2) is 0 Å². The molecule has 0 saturated carbocycles. The molecule has 0 aliphatic carbocycles. The van der Waals surface area contributed by atoms with Crippen molar-refractivity contribution in [3.05, 3.63) is 94.0 Å². The van der Waals surface area contributed by atoms with E-state index in [0.717, 1.165) is 17.7 Å². The Morgan fingerprint density at radius 2 is 1.61 bits per heavy atom. The number of carbonyl (C=O) groups is 1. The molecule has 3 aromatic rings. The summed E-state index contributed by atoms with van der Waals surface area (Å²) in [5.41, 5.74) is 2.25. The first-order chi connectivity index (χ1) is 15.5. The maximum atomic E-state index is 13.2. The van der Waals surface area contributed by atoms with Gasteiger partial charge in [-0.1, -0.05) is 12.1 Å². The first-order valence-electron chi connectivity index (χ1n) is 10.1. The highest BCUT2D eigenvalue weighted by molar-refractivity contribution is 7.89. The van der Waals surface area contributed by atoms with Crippen LogP contribution >= 0.6 is 0 Å². The highest BCUT2D eigenvalue weighted by Crippen LogP contribution is 2.20. The second-order valence-corrected chi connectivity index (χ2v) is 9.34. The van der Waals surface area contributed by atoms with Crippen LogP contribution in [0.5, 0.6) is 5.75 Å². The summed E-state index contributed by atoms with van der Waals surface area (Å²) in [6.07, 6.45) is 0.394. The number of halogens is 2. The minimum Gasteiger partial charge on any atom is -0.489 e. The van der Waals surface area contributed by atoms with Crippen LogP contribution in [-0.4, -0.2) is 26.0 Å². The van der Waals surface area contributed by atoms with Crippen molar-refractivity contribution in [2.24, 2.45) is 0 Å². The molecule has 0 fully saturated rings. The van der Waals surface area contributed by atoms with E-state index in [4.69, 9.17) is 4.74 Å². The Kier molecular flexibility index (Phi) is 7.45. The fourth-order valence-electron chi connectivity index (χ4n) is 3.23. The van der Waals surface area contributed by atoms with Crippen LogP contribution in [0.25, 0.3) is 0 Å². The van der Waals surface area contributed by atoms with E-state index < -0.39 is 27.6 Å². The van der Waals surface area contributed by atoms with Crippen molar-refractivity contribution in [2.45, 2.75) is 31.8 Å². The van der Waals surface area contributed by atoms with Crippen molar-refractivity contribution in [3.63, 3.8) is 0 Å². The maximum Gasteiger partial charge on any atom is 0.336 e. The fraction of sp³-hybridized carbons (Fsp3) is 0.208. The summed E-state index contributed by atoms with van der Waals surface area (Å²) in [4.78, 5) is 11.3. The molecule has 0 spiro atoms. The van der Waals surface area contributed by atoms with Crippen LogP contribution in [0.3, 0.4) is 0 Å². The standard InChI is InChI=1S/C24H23F2NO5S/c1-15-9-22(13-23(16(15)2)24(28)29)33(30,31)27-8-7-17-3-5-21(6-4-17)32-14-18-10-19(25)12-20(26)11-18/h3-6,9-13,27H,7-8,14H2,1-2H3,(H,28,29). The Balaban J connectivity index is 1.57. The summed E-state index contributed by atoms with van der Waals surface area (Å²) in [6.45, 7) is 3.41. The molecule has 0 unspecified atom stereocenters. The van der Waals surface area contributed by atoms with Crippen molar-refractivity contribution in [3.8, 4) is 5.75 Å². The summed E-state index contributed by atoms with van der Waals surface area (Å²) in [5.74, 6) is -2.03. The Hall–Kier alpha value is -3.30. The van der Waals surface area contributed by atoms with Crippen LogP contribution in [0.2, 0.25) is 0 Å². The molecule has 3 rings (SSSR count). The van der Waals surface area contributed by atoms with E-state index in [1.807, 2.05) is 0 Å². The van der Waals surface area contributed by atoms with Crippen molar-refractivity contribution in [1.29, 1.82) is 0 Å². The highest BCUT2D eigenvalue weighted by Gasteiger charge is 2.19. The normalized spacial score (nSPS) is 11.4. The maximum absolute atomic E-state index is 13.2. The van der Waals surface area contributed by atoms with E-state index in [2.05, 4.69) is 4.72 Å². The van der Waals surface area contributed by atoms with E-state index in [1.54, 1.807) is 38.1 Å². The summed E-state index contributed by atoms with van der Waals surface area (Å²) in [6, 6.07) is 12.7. The predicted octanol–water partition coefficient (Wildman–Crippen LogP) is 4.38. The number of sulfonamides is 1. The topological polar surface area (TPSA) is 92.7 Å². The number of carboxylic acid groups (broad SMARTS) is 1. The average Bonchev–Trinajstić information content (AvgIpc) is 2.74. The minimum atomic E-state index is -3.88. The van der Waals surface area contributed by atoms with E-state index in [-0.39, 0.29) is 23.6 Å². The third-order valence-electron chi connectivity index (χ3n) is 5.14. The van der Waals surface area contributed by atoms with Gasteiger partial charge in [0.05, 0.1) is 10.5 Å². The van der Waals surface area contributed by atoms with Gasteiger partial charge in [-0.25, -0.2) is 26.7 Å². The van der Waals surface area contributed by atoms with Gasteiger partial charge in [0.25, 0.3) is 0 Å². The van der Waals surface area contributed by atoms with Gasteiger partial charge in [0.2, 0.25) is 10.0 Å². The Bertz CT molecular complexity index is 1250. The van der Waals surface area contributed by atoms with Crippen LogP contribution < -0.4 is 9.46 Å². The lowest BCUT2D eigenvalue weighted by molar-refractivity contribution is 0.0695. The summed E-state index contributed by atoms with van der Waals surface area (Å²) < 4.78 is 59.7. The van der Waals surface area contributed by atoms with E-state index in [1.165, 1.54) is 18.2 Å². The third-order valence-corrected chi connectivity index (χ3v) is 6.58. The summed E-state index contributed by atoms with van der Waals surface area (Å²) in [5, 5.41) is 9.30. The second-order valence-electron chi connectivity index (χ2n) is 7.58. The summed E-state index contributed by atoms with van der Waals surface area (Å²) in [7, 11) is -3.88. The molecule has 0 atom stereocenters.